The van der Waals surface area contributed by atoms with E-state index in [0.717, 1.165) is 10.9 Å². The first-order chi connectivity index (χ1) is 16.0. The molecule has 2 aromatic carbocycles. The maximum atomic E-state index is 13.5. The molecule has 164 valence electrons. The van der Waals surface area contributed by atoms with E-state index in [4.69, 9.17) is 14.7 Å². The number of nitriles is 1. The number of benzene rings is 2. The fraction of sp³-hybridized carbons (Fsp3) is 0.120. The zero-order valence-electron chi connectivity index (χ0n) is 17.9. The minimum Gasteiger partial charge on any atom is -0.497 e. The number of hydrogen-bond donors (Lipinski definition) is 1. The highest BCUT2D eigenvalue weighted by molar-refractivity contribution is 5.96. The van der Waals surface area contributed by atoms with E-state index in [9.17, 15) is 9.18 Å². The molecule has 0 saturated carbocycles. The lowest BCUT2D eigenvalue weighted by atomic mass is 10.1. The second kappa shape index (κ2) is 9.32. The van der Waals surface area contributed by atoms with E-state index in [-0.39, 0.29) is 18.1 Å². The van der Waals surface area contributed by atoms with Crippen molar-refractivity contribution in [1.29, 1.82) is 5.26 Å². The van der Waals surface area contributed by atoms with Crippen LogP contribution in [0.1, 0.15) is 27.2 Å². The SMILES string of the molecule is COc1ccc2c(Oc3cccc(C(=O)NCc4cc(F)nc(C#N)c4)c3C)ccnc2c1. The minimum atomic E-state index is -0.771. The summed E-state index contributed by atoms with van der Waals surface area (Å²) in [6, 6.07) is 16.9. The first-order valence-corrected chi connectivity index (χ1v) is 10.0. The molecular formula is C25H19FN4O3. The predicted octanol–water partition coefficient (Wildman–Crippen LogP) is 4.68. The van der Waals surface area contributed by atoms with Crippen molar-refractivity contribution in [2.45, 2.75) is 13.5 Å². The number of pyridine rings is 2. The molecule has 0 bridgehead atoms. The number of amides is 1. The summed E-state index contributed by atoms with van der Waals surface area (Å²) >= 11 is 0. The molecule has 0 aliphatic carbocycles. The number of hydrogen-bond acceptors (Lipinski definition) is 6. The van der Waals surface area contributed by atoms with Crippen molar-refractivity contribution in [1.82, 2.24) is 15.3 Å². The van der Waals surface area contributed by atoms with Gasteiger partial charge in [-0.05, 0) is 55.0 Å². The summed E-state index contributed by atoms with van der Waals surface area (Å²) in [5.41, 5.74) is 2.18. The van der Waals surface area contributed by atoms with E-state index >= 15 is 0 Å². The van der Waals surface area contributed by atoms with Crippen molar-refractivity contribution in [3.8, 4) is 23.3 Å². The average Bonchev–Trinajstić information content (AvgIpc) is 2.83. The fourth-order valence-electron chi connectivity index (χ4n) is 3.39. The summed E-state index contributed by atoms with van der Waals surface area (Å²) in [5.74, 6) is 0.690. The molecule has 4 aromatic rings. The average molecular weight is 442 g/mol. The molecule has 2 aromatic heterocycles. The van der Waals surface area contributed by atoms with Crippen LogP contribution < -0.4 is 14.8 Å². The Morgan fingerprint density at radius 1 is 1.15 bits per heavy atom. The second-order valence-corrected chi connectivity index (χ2v) is 7.20. The number of fused-ring (bicyclic) bond motifs is 1. The van der Waals surface area contributed by atoms with Crippen LogP contribution in [0.25, 0.3) is 10.9 Å². The molecule has 33 heavy (non-hydrogen) atoms. The Morgan fingerprint density at radius 3 is 2.79 bits per heavy atom. The van der Waals surface area contributed by atoms with E-state index in [1.165, 1.54) is 12.1 Å². The zero-order valence-corrected chi connectivity index (χ0v) is 17.9. The molecule has 8 heteroatoms. The normalized spacial score (nSPS) is 10.5. The van der Waals surface area contributed by atoms with Crippen molar-refractivity contribution < 1.29 is 18.7 Å². The maximum absolute atomic E-state index is 13.5. The third-order valence-corrected chi connectivity index (χ3v) is 5.08. The van der Waals surface area contributed by atoms with Gasteiger partial charge in [0.05, 0.1) is 12.6 Å². The van der Waals surface area contributed by atoms with E-state index in [1.807, 2.05) is 18.2 Å². The number of carbonyl (C=O) groups excluding carboxylic acids is 1. The van der Waals surface area contributed by atoms with Crippen LogP contribution in [0.3, 0.4) is 0 Å². The van der Waals surface area contributed by atoms with Crippen LogP contribution in [-0.2, 0) is 6.54 Å². The Kier molecular flexibility index (Phi) is 6.13. The summed E-state index contributed by atoms with van der Waals surface area (Å²) in [7, 11) is 1.59. The van der Waals surface area contributed by atoms with Crippen molar-refractivity contribution in [3.05, 3.63) is 89.1 Å². The lowest BCUT2D eigenvalue weighted by molar-refractivity contribution is 0.0950. The van der Waals surface area contributed by atoms with Gasteiger partial charge in [0, 0.05) is 35.3 Å². The molecule has 4 rings (SSSR count). The molecule has 0 atom stereocenters. The van der Waals surface area contributed by atoms with Crippen molar-refractivity contribution >= 4 is 16.8 Å². The molecule has 0 radical (unpaired) electrons. The maximum Gasteiger partial charge on any atom is 0.251 e. The molecule has 0 aliphatic rings. The minimum absolute atomic E-state index is 0.0481. The van der Waals surface area contributed by atoms with Gasteiger partial charge >= 0.3 is 0 Å². The van der Waals surface area contributed by atoms with Crippen molar-refractivity contribution in [3.63, 3.8) is 0 Å². The van der Waals surface area contributed by atoms with Gasteiger partial charge in [0.1, 0.15) is 29.0 Å². The monoisotopic (exact) mass is 442 g/mol. The predicted molar refractivity (Wildman–Crippen MR) is 120 cm³/mol. The van der Waals surface area contributed by atoms with E-state index in [1.54, 1.807) is 50.6 Å². The summed E-state index contributed by atoms with van der Waals surface area (Å²) < 4.78 is 24.9. The van der Waals surface area contributed by atoms with Gasteiger partial charge in [-0.15, -0.1) is 0 Å². The molecule has 0 aliphatic heterocycles. The molecule has 0 spiro atoms. The number of nitrogens with one attached hydrogen (secondary N) is 1. The van der Waals surface area contributed by atoms with Crippen LogP contribution in [-0.4, -0.2) is 23.0 Å². The molecule has 7 nitrogen and oxygen atoms in total. The van der Waals surface area contributed by atoms with E-state index in [0.29, 0.717) is 33.9 Å². The van der Waals surface area contributed by atoms with Gasteiger partial charge in [-0.2, -0.15) is 9.65 Å². The number of aromatic nitrogens is 2. The van der Waals surface area contributed by atoms with Gasteiger partial charge < -0.3 is 14.8 Å². The Balaban J connectivity index is 1.56. The molecular weight excluding hydrogens is 423 g/mol. The van der Waals surface area contributed by atoms with Gasteiger partial charge in [0.2, 0.25) is 5.95 Å². The van der Waals surface area contributed by atoms with E-state index < -0.39 is 5.95 Å². The Hall–Kier alpha value is -4.51. The first-order valence-electron chi connectivity index (χ1n) is 10.0. The molecule has 0 unspecified atom stereocenters. The number of methoxy groups -OCH3 is 1. The smallest absolute Gasteiger partial charge is 0.251 e. The summed E-state index contributed by atoms with van der Waals surface area (Å²) in [4.78, 5) is 20.6. The Labute approximate surface area is 189 Å². The summed E-state index contributed by atoms with van der Waals surface area (Å²) in [6.45, 7) is 1.84. The third-order valence-electron chi connectivity index (χ3n) is 5.08. The number of ether oxygens (including phenoxy) is 2. The Bertz CT molecular complexity index is 1400. The van der Waals surface area contributed by atoms with Crippen LogP contribution in [0.4, 0.5) is 4.39 Å². The molecule has 1 amide bonds. The second-order valence-electron chi connectivity index (χ2n) is 7.20. The summed E-state index contributed by atoms with van der Waals surface area (Å²) in [5, 5.41) is 12.5. The van der Waals surface area contributed by atoms with Crippen LogP contribution in [0.15, 0.2) is 60.8 Å². The van der Waals surface area contributed by atoms with Crippen molar-refractivity contribution in [2.75, 3.05) is 7.11 Å². The lowest BCUT2D eigenvalue weighted by Gasteiger charge is -2.14. The summed E-state index contributed by atoms with van der Waals surface area (Å²) in [6.07, 6.45) is 1.65. The van der Waals surface area contributed by atoms with Crippen LogP contribution in [0.5, 0.6) is 17.2 Å². The molecule has 0 saturated heterocycles. The van der Waals surface area contributed by atoms with Crippen LogP contribution in [0.2, 0.25) is 0 Å². The van der Waals surface area contributed by atoms with Crippen molar-refractivity contribution in [2.24, 2.45) is 0 Å². The molecule has 1 N–H and O–H groups in total. The van der Waals surface area contributed by atoms with Gasteiger partial charge in [0.15, 0.2) is 0 Å². The fourth-order valence-corrected chi connectivity index (χ4v) is 3.39. The number of halogens is 1. The van der Waals surface area contributed by atoms with Crippen LogP contribution >= 0.6 is 0 Å². The number of rotatable bonds is 6. The quantitative estimate of drug-likeness (QED) is 0.436. The number of carbonyl (C=O) groups is 1. The zero-order chi connectivity index (χ0) is 23.4. The van der Waals surface area contributed by atoms with Gasteiger partial charge in [-0.25, -0.2) is 4.98 Å². The third kappa shape index (κ3) is 4.72. The first kappa shape index (κ1) is 21.7. The highest BCUT2D eigenvalue weighted by Crippen LogP contribution is 2.33. The topological polar surface area (TPSA) is 97.1 Å². The van der Waals surface area contributed by atoms with Gasteiger partial charge in [-0.1, -0.05) is 6.07 Å². The number of nitrogens with zero attached hydrogens (tertiary/aromatic N) is 3. The molecule has 2 heterocycles. The van der Waals surface area contributed by atoms with Gasteiger partial charge in [-0.3, -0.25) is 9.78 Å². The standard InChI is InChI=1S/C25H19FN4O3/c1-15-19(25(31)29-14-16-10-17(13-27)30-24(26)11-16)4-3-5-22(15)33-23-8-9-28-21-12-18(32-2)6-7-20(21)23/h3-12H,14H2,1-2H3,(H,29,31). The van der Waals surface area contributed by atoms with E-state index in [2.05, 4.69) is 15.3 Å². The highest BCUT2D eigenvalue weighted by atomic mass is 19.1. The van der Waals surface area contributed by atoms with Crippen LogP contribution in [0, 0.1) is 24.2 Å². The lowest BCUT2D eigenvalue weighted by Crippen LogP contribution is -2.24. The largest absolute Gasteiger partial charge is 0.497 e. The van der Waals surface area contributed by atoms with Gasteiger partial charge in [0.25, 0.3) is 5.91 Å². The Morgan fingerprint density at radius 2 is 2.00 bits per heavy atom. The highest BCUT2D eigenvalue weighted by Gasteiger charge is 2.15. The molecule has 0 fully saturated rings.